The Morgan fingerprint density at radius 3 is 2.74 bits per heavy atom. The van der Waals surface area contributed by atoms with Gasteiger partial charge in [0.05, 0.1) is 12.7 Å². The average molecular weight is 373 g/mol. The van der Waals surface area contributed by atoms with Gasteiger partial charge >= 0.3 is 0 Å². The van der Waals surface area contributed by atoms with E-state index in [1.54, 1.807) is 31.4 Å². The second kappa shape index (κ2) is 8.22. The first-order chi connectivity index (χ1) is 13.0. The molecule has 1 aliphatic carbocycles. The molecule has 144 valence electrons. The van der Waals surface area contributed by atoms with E-state index < -0.39 is 11.7 Å². The first-order valence-electron chi connectivity index (χ1n) is 8.91. The van der Waals surface area contributed by atoms with E-state index in [0.29, 0.717) is 11.4 Å². The lowest BCUT2D eigenvalue weighted by molar-refractivity contribution is 0.100. The van der Waals surface area contributed by atoms with Crippen molar-refractivity contribution in [2.45, 2.75) is 37.8 Å². The Labute approximate surface area is 157 Å². The number of carbonyl (C=O) groups excluding carboxylic acids is 1. The average Bonchev–Trinajstić information content (AvgIpc) is 2.66. The quantitative estimate of drug-likeness (QED) is 0.619. The number of methoxy groups -OCH3 is 1. The maximum atomic E-state index is 14.5. The van der Waals surface area contributed by atoms with Gasteiger partial charge in [0.15, 0.2) is 11.6 Å². The third kappa shape index (κ3) is 4.46. The van der Waals surface area contributed by atoms with Gasteiger partial charge in [-0.3, -0.25) is 4.79 Å². The molecule has 1 amide bonds. The summed E-state index contributed by atoms with van der Waals surface area (Å²) in [5.41, 5.74) is 12.1. The molecule has 27 heavy (non-hydrogen) atoms. The maximum absolute atomic E-state index is 14.5. The van der Waals surface area contributed by atoms with E-state index in [1.807, 2.05) is 0 Å². The number of primary amides is 1. The predicted octanol–water partition coefficient (Wildman–Crippen LogP) is 2.75. The van der Waals surface area contributed by atoms with Crippen molar-refractivity contribution in [2.75, 3.05) is 17.7 Å². The van der Waals surface area contributed by atoms with Crippen molar-refractivity contribution in [1.82, 2.24) is 4.98 Å². The van der Waals surface area contributed by atoms with Gasteiger partial charge in [0.25, 0.3) is 5.91 Å². The van der Waals surface area contributed by atoms with Crippen molar-refractivity contribution < 1.29 is 13.9 Å². The number of carbonyl (C=O) groups is 1. The fourth-order valence-corrected chi connectivity index (χ4v) is 3.23. The van der Waals surface area contributed by atoms with Crippen molar-refractivity contribution in [3.63, 3.8) is 0 Å². The Kier molecular flexibility index (Phi) is 5.75. The molecule has 1 saturated carbocycles. The number of anilines is 3. The van der Waals surface area contributed by atoms with E-state index in [0.717, 1.165) is 31.7 Å². The molecule has 3 rings (SSSR count). The molecule has 0 saturated heterocycles. The van der Waals surface area contributed by atoms with Crippen LogP contribution in [0.25, 0.3) is 0 Å². The summed E-state index contributed by atoms with van der Waals surface area (Å²) in [5.74, 6) is -0.559. The molecule has 2 aromatic rings. The number of benzene rings is 1. The first-order valence-corrected chi connectivity index (χ1v) is 8.91. The molecule has 0 bridgehead atoms. The van der Waals surface area contributed by atoms with Gasteiger partial charge in [-0.15, -0.1) is 0 Å². The van der Waals surface area contributed by atoms with Crippen LogP contribution < -0.4 is 26.8 Å². The molecule has 1 unspecified atom stereocenters. The predicted molar refractivity (Wildman–Crippen MR) is 103 cm³/mol. The van der Waals surface area contributed by atoms with Crippen molar-refractivity contribution in [1.29, 1.82) is 0 Å². The summed E-state index contributed by atoms with van der Waals surface area (Å²) in [4.78, 5) is 16.0. The Morgan fingerprint density at radius 2 is 2.04 bits per heavy atom. The molecule has 1 aromatic carbocycles. The molecule has 6 N–H and O–H groups in total. The number of ether oxygens (including phenoxy) is 1. The minimum absolute atomic E-state index is 0.0335. The fourth-order valence-electron chi connectivity index (χ4n) is 3.23. The topological polar surface area (TPSA) is 115 Å². The van der Waals surface area contributed by atoms with Gasteiger partial charge in [0.1, 0.15) is 11.6 Å². The van der Waals surface area contributed by atoms with Gasteiger partial charge in [0.2, 0.25) is 0 Å². The van der Waals surface area contributed by atoms with Crippen LogP contribution in [-0.4, -0.2) is 30.1 Å². The van der Waals surface area contributed by atoms with E-state index in [4.69, 9.17) is 16.2 Å². The fraction of sp³-hybridized carbons (Fsp3) is 0.368. The van der Waals surface area contributed by atoms with Gasteiger partial charge in [-0.2, -0.15) is 0 Å². The van der Waals surface area contributed by atoms with Crippen molar-refractivity contribution in [3.05, 3.63) is 41.7 Å². The summed E-state index contributed by atoms with van der Waals surface area (Å²) in [6.07, 6.45) is 3.83. The van der Waals surface area contributed by atoms with E-state index in [9.17, 15) is 9.18 Å². The van der Waals surface area contributed by atoms with Crippen LogP contribution >= 0.6 is 0 Å². The monoisotopic (exact) mass is 373 g/mol. The van der Waals surface area contributed by atoms with Crippen LogP contribution in [0.5, 0.6) is 5.75 Å². The molecule has 0 aliphatic heterocycles. The number of amides is 1. The molecule has 1 aliphatic rings. The van der Waals surface area contributed by atoms with E-state index >= 15 is 0 Å². The minimum Gasteiger partial charge on any atom is -0.497 e. The Balaban J connectivity index is 1.91. The highest BCUT2D eigenvalue weighted by Gasteiger charge is 2.24. The number of nitrogens with zero attached hydrogens (tertiary/aromatic N) is 1. The second-order valence-electron chi connectivity index (χ2n) is 6.64. The maximum Gasteiger partial charge on any atom is 0.252 e. The van der Waals surface area contributed by atoms with E-state index in [2.05, 4.69) is 15.6 Å². The van der Waals surface area contributed by atoms with Crippen molar-refractivity contribution >= 4 is 23.2 Å². The molecule has 1 heterocycles. The van der Waals surface area contributed by atoms with Gasteiger partial charge in [0, 0.05) is 23.8 Å². The van der Waals surface area contributed by atoms with E-state index in [1.165, 1.54) is 0 Å². The zero-order chi connectivity index (χ0) is 19.4. The minimum atomic E-state index is -0.771. The largest absolute Gasteiger partial charge is 0.497 e. The summed E-state index contributed by atoms with van der Waals surface area (Å²) in [6.45, 7) is 0. The summed E-state index contributed by atoms with van der Waals surface area (Å²) >= 11 is 0. The van der Waals surface area contributed by atoms with Gasteiger partial charge in [-0.05, 0) is 31.0 Å². The van der Waals surface area contributed by atoms with Crippen LogP contribution in [0.1, 0.15) is 36.0 Å². The van der Waals surface area contributed by atoms with Crippen LogP contribution in [-0.2, 0) is 0 Å². The summed E-state index contributed by atoms with van der Waals surface area (Å²) in [6, 6.07) is 8.05. The zero-order valence-corrected chi connectivity index (χ0v) is 15.2. The lowest BCUT2D eigenvalue weighted by Gasteiger charge is -2.30. The SMILES string of the molecule is COc1cccc(Nc2nc(NC3CCCC[C@@H]3N)c(F)cc2C(N)=O)c1. The van der Waals surface area contributed by atoms with Gasteiger partial charge in [-0.25, -0.2) is 9.37 Å². The van der Waals surface area contributed by atoms with Gasteiger partial charge in [-0.1, -0.05) is 18.9 Å². The molecule has 8 heteroatoms. The van der Waals surface area contributed by atoms with Crippen LogP contribution in [0.4, 0.5) is 21.7 Å². The Morgan fingerprint density at radius 1 is 1.26 bits per heavy atom. The molecule has 1 fully saturated rings. The normalized spacial score (nSPS) is 19.4. The number of hydrogen-bond donors (Lipinski definition) is 4. The highest BCUT2D eigenvalue weighted by Crippen LogP contribution is 2.27. The number of rotatable bonds is 6. The van der Waals surface area contributed by atoms with Crippen LogP contribution in [0.15, 0.2) is 30.3 Å². The third-order valence-corrected chi connectivity index (χ3v) is 4.72. The summed E-state index contributed by atoms with van der Waals surface area (Å²) in [5, 5.41) is 6.10. The number of aromatic nitrogens is 1. The van der Waals surface area contributed by atoms with E-state index in [-0.39, 0.29) is 29.3 Å². The molecule has 0 radical (unpaired) electrons. The zero-order valence-electron chi connectivity index (χ0n) is 15.2. The molecule has 7 nitrogen and oxygen atoms in total. The standard InChI is InChI=1S/C19H24FN5O2/c1-27-12-6-4-5-11(9-12)23-18-13(17(22)26)10-14(20)19(25-18)24-16-8-3-2-7-15(16)21/h4-6,9-10,15-16H,2-3,7-8,21H2,1H3,(H2,22,26)(H2,23,24,25)/t15-,16?/m0/s1. The smallest absolute Gasteiger partial charge is 0.252 e. The second-order valence-corrected chi connectivity index (χ2v) is 6.64. The highest BCUT2D eigenvalue weighted by atomic mass is 19.1. The Bertz CT molecular complexity index is 830. The summed E-state index contributed by atoms with van der Waals surface area (Å²) < 4.78 is 19.7. The molecule has 1 aromatic heterocycles. The van der Waals surface area contributed by atoms with Crippen LogP contribution in [0.3, 0.4) is 0 Å². The highest BCUT2D eigenvalue weighted by molar-refractivity contribution is 5.98. The first kappa shape index (κ1) is 18.9. The lowest BCUT2D eigenvalue weighted by Crippen LogP contribution is -2.43. The number of nitrogens with two attached hydrogens (primary N) is 2. The number of nitrogens with one attached hydrogen (secondary N) is 2. The number of halogens is 1. The molecular weight excluding hydrogens is 349 g/mol. The third-order valence-electron chi connectivity index (χ3n) is 4.72. The lowest BCUT2D eigenvalue weighted by atomic mass is 9.91. The Hall–Kier alpha value is -2.87. The molecule has 0 spiro atoms. The molecular formula is C19H24FN5O2. The number of hydrogen-bond acceptors (Lipinski definition) is 6. The molecule has 2 atom stereocenters. The van der Waals surface area contributed by atoms with Crippen molar-refractivity contribution in [2.24, 2.45) is 11.5 Å². The van der Waals surface area contributed by atoms with Crippen LogP contribution in [0.2, 0.25) is 0 Å². The summed E-state index contributed by atoms with van der Waals surface area (Å²) in [7, 11) is 1.56. The van der Waals surface area contributed by atoms with Crippen molar-refractivity contribution in [3.8, 4) is 5.75 Å². The van der Waals surface area contributed by atoms with Crippen LogP contribution in [0, 0.1) is 5.82 Å². The number of pyridine rings is 1. The van der Waals surface area contributed by atoms with Gasteiger partial charge < -0.3 is 26.8 Å².